The van der Waals surface area contributed by atoms with Crippen molar-refractivity contribution in [1.82, 2.24) is 0 Å². The third-order valence-corrected chi connectivity index (χ3v) is 2.07. The Hall–Kier alpha value is -1.04. The number of rotatable bonds is 5. The van der Waals surface area contributed by atoms with Crippen LogP contribution in [0.3, 0.4) is 0 Å². The van der Waals surface area contributed by atoms with Gasteiger partial charge >= 0.3 is 7.12 Å². The molecule has 0 fully saturated rings. The van der Waals surface area contributed by atoms with Crippen LogP contribution in [0.25, 0.3) is 0 Å². The van der Waals surface area contributed by atoms with Gasteiger partial charge in [0.05, 0.1) is 12.2 Å². The van der Waals surface area contributed by atoms with Crippen LogP contribution in [0.2, 0.25) is 0 Å². The molecule has 94 valence electrons. The molecule has 0 aromatic heterocycles. The van der Waals surface area contributed by atoms with E-state index in [1.165, 1.54) is 0 Å². The first-order valence-corrected chi connectivity index (χ1v) is 5.61. The summed E-state index contributed by atoms with van der Waals surface area (Å²) in [5, 5.41) is 17.8. The predicted molar refractivity (Wildman–Crippen MR) is 67.5 cm³/mol. The smallest absolute Gasteiger partial charge is 0.488 e. The second kappa shape index (κ2) is 6.05. The maximum absolute atomic E-state index is 8.91. The molecule has 2 N–H and O–H groups in total. The van der Waals surface area contributed by atoms with E-state index in [9.17, 15) is 0 Å². The Kier molecular flexibility index (Phi) is 4.99. The molecular formula is C12H19BO4. The van der Waals surface area contributed by atoms with Crippen LogP contribution in [0.15, 0.2) is 24.3 Å². The SMILES string of the molecule is CC(C)(C)OCCOc1ccc(B(O)O)cc1. The molecule has 0 aliphatic carbocycles. The molecule has 0 unspecified atom stereocenters. The number of benzene rings is 1. The van der Waals surface area contributed by atoms with E-state index in [0.717, 1.165) is 0 Å². The van der Waals surface area contributed by atoms with Crippen LogP contribution in [0, 0.1) is 0 Å². The van der Waals surface area contributed by atoms with Crippen molar-refractivity contribution < 1.29 is 19.5 Å². The van der Waals surface area contributed by atoms with Crippen LogP contribution < -0.4 is 10.2 Å². The first kappa shape index (κ1) is 14.0. The first-order chi connectivity index (χ1) is 7.88. The molecule has 0 atom stereocenters. The molecule has 4 nitrogen and oxygen atoms in total. The van der Waals surface area contributed by atoms with Gasteiger partial charge in [0, 0.05) is 0 Å². The Labute approximate surface area is 102 Å². The molecule has 0 spiro atoms. The molecule has 0 aliphatic rings. The summed E-state index contributed by atoms with van der Waals surface area (Å²) in [4.78, 5) is 0. The van der Waals surface area contributed by atoms with E-state index in [0.29, 0.717) is 24.4 Å². The van der Waals surface area contributed by atoms with E-state index < -0.39 is 7.12 Å². The van der Waals surface area contributed by atoms with Gasteiger partial charge < -0.3 is 19.5 Å². The zero-order valence-electron chi connectivity index (χ0n) is 10.5. The second-order valence-electron chi connectivity index (χ2n) is 4.75. The van der Waals surface area contributed by atoms with Gasteiger partial charge in [-0.2, -0.15) is 0 Å². The predicted octanol–water partition coefficient (Wildman–Crippen LogP) is 0.560. The molecule has 0 amide bonds. The van der Waals surface area contributed by atoms with Gasteiger partial charge in [0.2, 0.25) is 0 Å². The van der Waals surface area contributed by atoms with Crippen molar-refractivity contribution in [2.45, 2.75) is 26.4 Å². The van der Waals surface area contributed by atoms with Gasteiger partial charge in [0.25, 0.3) is 0 Å². The van der Waals surface area contributed by atoms with Crippen LogP contribution in [0.4, 0.5) is 0 Å². The second-order valence-corrected chi connectivity index (χ2v) is 4.75. The molecule has 1 rings (SSSR count). The van der Waals surface area contributed by atoms with Crippen molar-refractivity contribution in [2.75, 3.05) is 13.2 Å². The maximum Gasteiger partial charge on any atom is 0.488 e. The lowest BCUT2D eigenvalue weighted by Gasteiger charge is -2.19. The van der Waals surface area contributed by atoms with Gasteiger partial charge in [-0.1, -0.05) is 12.1 Å². The molecule has 0 radical (unpaired) electrons. The van der Waals surface area contributed by atoms with Crippen LogP contribution in [-0.4, -0.2) is 36.0 Å². The van der Waals surface area contributed by atoms with Crippen molar-refractivity contribution in [2.24, 2.45) is 0 Å². The minimum absolute atomic E-state index is 0.159. The fourth-order valence-corrected chi connectivity index (χ4v) is 1.24. The fourth-order valence-electron chi connectivity index (χ4n) is 1.24. The van der Waals surface area contributed by atoms with Gasteiger partial charge in [-0.15, -0.1) is 0 Å². The zero-order chi connectivity index (χ0) is 12.9. The monoisotopic (exact) mass is 238 g/mol. The topological polar surface area (TPSA) is 58.9 Å². The molecule has 0 heterocycles. The normalized spacial score (nSPS) is 11.4. The number of ether oxygens (including phenoxy) is 2. The van der Waals surface area contributed by atoms with E-state index in [1.54, 1.807) is 24.3 Å². The molecule has 5 heteroatoms. The Morgan fingerprint density at radius 1 is 1.06 bits per heavy atom. The van der Waals surface area contributed by atoms with E-state index in [4.69, 9.17) is 19.5 Å². The highest BCUT2D eigenvalue weighted by Gasteiger charge is 2.11. The van der Waals surface area contributed by atoms with E-state index in [-0.39, 0.29) is 5.60 Å². The van der Waals surface area contributed by atoms with Gasteiger partial charge in [-0.3, -0.25) is 0 Å². The zero-order valence-corrected chi connectivity index (χ0v) is 10.5. The molecule has 0 saturated heterocycles. The maximum atomic E-state index is 8.91. The standard InChI is InChI=1S/C12H19BO4/c1-12(2,3)17-9-8-16-11-6-4-10(5-7-11)13(14)15/h4-7,14-15H,8-9H2,1-3H3. The Balaban J connectivity index is 2.33. The summed E-state index contributed by atoms with van der Waals surface area (Å²) < 4.78 is 11.0. The highest BCUT2D eigenvalue weighted by atomic mass is 16.5. The Morgan fingerprint density at radius 3 is 2.12 bits per heavy atom. The van der Waals surface area contributed by atoms with E-state index >= 15 is 0 Å². The molecule has 17 heavy (non-hydrogen) atoms. The van der Waals surface area contributed by atoms with Gasteiger partial charge in [0.15, 0.2) is 0 Å². The molecule has 0 saturated carbocycles. The van der Waals surface area contributed by atoms with Crippen LogP contribution in [0.5, 0.6) is 5.75 Å². The Morgan fingerprint density at radius 2 is 1.65 bits per heavy atom. The summed E-state index contributed by atoms with van der Waals surface area (Å²) >= 11 is 0. The Bertz CT molecular complexity index is 329. The third kappa shape index (κ3) is 5.72. The van der Waals surface area contributed by atoms with E-state index in [1.807, 2.05) is 20.8 Å². The summed E-state index contributed by atoms with van der Waals surface area (Å²) in [5.41, 5.74) is 0.289. The van der Waals surface area contributed by atoms with Gasteiger partial charge in [-0.05, 0) is 38.4 Å². The summed E-state index contributed by atoms with van der Waals surface area (Å²) in [5.74, 6) is 0.687. The lowest BCUT2D eigenvalue weighted by atomic mass is 9.80. The minimum atomic E-state index is -1.44. The van der Waals surface area contributed by atoms with Crippen molar-refractivity contribution in [3.63, 3.8) is 0 Å². The highest BCUT2D eigenvalue weighted by Crippen LogP contribution is 2.09. The lowest BCUT2D eigenvalue weighted by Crippen LogP contribution is -2.29. The highest BCUT2D eigenvalue weighted by molar-refractivity contribution is 6.58. The molecule has 0 aliphatic heterocycles. The summed E-state index contributed by atoms with van der Waals surface area (Å²) in [7, 11) is -1.44. The van der Waals surface area contributed by atoms with Crippen molar-refractivity contribution in [3.05, 3.63) is 24.3 Å². The van der Waals surface area contributed by atoms with E-state index in [2.05, 4.69) is 0 Å². The average molecular weight is 238 g/mol. The van der Waals surface area contributed by atoms with Crippen LogP contribution >= 0.6 is 0 Å². The largest absolute Gasteiger partial charge is 0.491 e. The lowest BCUT2D eigenvalue weighted by molar-refractivity contribution is -0.0163. The average Bonchev–Trinajstić information content (AvgIpc) is 2.24. The fraction of sp³-hybridized carbons (Fsp3) is 0.500. The summed E-state index contributed by atoms with van der Waals surface area (Å²) in [6.45, 7) is 6.96. The van der Waals surface area contributed by atoms with Gasteiger partial charge in [0.1, 0.15) is 12.4 Å². The summed E-state index contributed by atoms with van der Waals surface area (Å²) in [6.07, 6.45) is 0. The number of hydrogen-bond donors (Lipinski definition) is 2. The molecule has 1 aromatic carbocycles. The van der Waals surface area contributed by atoms with Crippen molar-refractivity contribution in [3.8, 4) is 5.75 Å². The third-order valence-electron chi connectivity index (χ3n) is 2.07. The summed E-state index contributed by atoms with van der Waals surface area (Å²) in [6, 6.07) is 6.63. The molecule has 0 bridgehead atoms. The molecular weight excluding hydrogens is 219 g/mol. The quantitative estimate of drug-likeness (QED) is 0.581. The van der Waals surface area contributed by atoms with Crippen LogP contribution in [0.1, 0.15) is 20.8 Å². The number of hydrogen-bond acceptors (Lipinski definition) is 4. The minimum Gasteiger partial charge on any atom is -0.491 e. The van der Waals surface area contributed by atoms with Gasteiger partial charge in [-0.25, -0.2) is 0 Å². The van der Waals surface area contributed by atoms with Crippen molar-refractivity contribution >= 4 is 12.6 Å². The van der Waals surface area contributed by atoms with Crippen molar-refractivity contribution in [1.29, 1.82) is 0 Å². The molecule has 1 aromatic rings. The first-order valence-electron chi connectivity index (χ1n) is 5.61. The van der Waals surface area contributed by atoms with Crippen LogP contribution in [-0.2, 0) is 4.74 Å².